The molecule has 0 aliphatic rings. The quantitative estimate of drug-likeness (QED) is 0.372. The zero-order valence-corrected chi connectivity index (χ0v) is 9.89. The first-order chi connectivity index (χ1) is 6.77. The SMILES string of the molecule is CCOSOc1cc(Br)cnc1NN. The van der Waals surface area contributed by atoms with Crippen LogP contribution in [0.15, 0.2) is 16.7 Å². The first-order valence-electron chi connectivity index (χ1n) is 3.86. The minimum absolute atomic E-state index is 0.459. The molecular weight excluding hydrogens is 270 g/mol. The Morgan fingerprint density at radius 2 is 2.50 bits per heavy atom. The van der Waals surface area contributed by atoms with Gasteiger partial charge in [0, 0.05) is 16.7 Å². The number of rotatable bonds is 5. The molecule has 0 fully saturated rings. The molecule has 1 aromatic rings. The number of aromatic nitrogens is 1. The Balaban J connectivity index is 2.67. The third-order valence-corrected chi connectivity index (χ3v) is 2.26. The van der Waals surface area contributed by atoms with Gasteiger partial charge in [0.2, 0.25) is 12.3 Å². The maximum Gasteiger partial charge on any atom is 0.225 e. The summed E-state index contributed by atoms with van der Waals surface area (Å²) in [5.74, 6) is 6.22. The number of nitrogens with one attached hydrogen (secondary N) is 1. The molecule has 0 aromatic carbocycles. The van der Waals surface area contributed by atoms with Gasteiger partial charge < -0.3 is 9.61 Å². The Morgan fingerprint density at radius 1 is 1.71 bits per heavy atom. The largest absolute Gasteiger partial charge is 0.396 e. The molecule has 1 aromatic heterocycles. The third-order valence-electron chi connectivity index (χ3n) is 1.25. The monoisotopic (exact) mass is 279 g/mol. The van der Waals surface area contributed by atoms with E-state index < -0.39 is 0 Å². The van der Waals surface area contributed by atoms with Gasteiger partial charge in [0.05, 0.1) is 6.61 Å². The van der Waals surface area contributed by atoms with E-state index in [9.17, 15) is 0 Å². The van der Waals surface area contributed by atoms with E-state index >= 15 is 0 Å². The highest BCUT2D eigenvalue weighted by Gasteiger charge is 2.05. The van der Waals surface area contributed by atoms with Crippen LogP contribution in [0.25, 0.3) is 0 Å². The molecule has 0 saturated carbocycles. The fourth-order valence-corrected chi connectivity index (χ4v) is 1.36. The van der Waals surface area contributed by atoms with E-state index in [2.05, 4.69) is 26.3 Å². The number of hydrogen-bond acceptors (Lipinski definition) is 6. The molecule has 0 bridgehead atoms. The van der Waals surface area contributed by atoms with Crippen LogP contribution in [0.1, 0.15) is 6.92 Å². The van der Waals surface area contributed by atoms with E-state index in [0.717, 1.165) is 16.8 Å². The Hall–Kier alpha value is -0.500. The molecule has 3 N–H and O–H groups in total. The van der Waals surface area contributed by atoms with Crippen LogP contribution in [-0.4, -0.2) is 11.6 Å². The van der Waals surface area contributed by atoms with Crippen LogP contribution >= 0.6 is 28.3 Å². The van der Waals surface area contributed by atoms with Gasteiger partial charge in [0.1, 0.15) is 0 Å². The van der Waals surface area contributed by atoms with Crippen molar-refractivity contribution in [2.24, 2.45) is 5.84 Å². The maximum atomic E-state index is 5.25. The third kappa shape index (κ3) is 3.33. The Kier molecular flexibility index (Phi) is 5.02. The van der Waals surface area contributed by atoms with E-state index in [4.69, 9.17) is 14.2 Å². The number of nitrogen functional groups attached to an aromatic ring is 1. The van der Waals surface area contributed by atoms with Gasteiger partial charge >= 0.3 is 0 Å². The predicted molar refractivity (Wildman–Crippen MR) is 59.6 cm³/mol. The molecule has 0 unspecified atom stereocenters. The highest BCUT2D eigenvalue weighted by Crippen LogP contribution is 2.27. The summed E-state index contributed by atoms with van der Waals surface area (Å²) >= 11 is 4.16. The van der Waals surface area contributed by atoms with Crippen LogP contribution in [0.5, 0.6) is 5.75 Å². The molecule has 0 aliphatic carbocycles. The van der Waals surface area contributed by atoms with Crippen LogP contribution in [-0.2, 0) is 4.18 Å². The second kappa shape index (κ2) is 6.07. The summed E-state index contributed by atoms with van der Waals surface area (Å²) in [7, 11) is 0. The van der Waals surface area contributed by atoms with Crippen molar-refractivity contribution in [2.45, 2.75) is 6.92 Å². The van der Waals surface area contributed by atoms with E-state index in [1.807, 2.05) is 6.92 Å². The number of pyridine rings is 1. The average molecular weight is 280 g/mol. The fourth-order valence-electron chi connectivity index (χ4n) is 0.701. The smallest absolute Gasteiger partial charge is 0.225 e. The molecule has 0 radical (unpaired) electrons. The van der Waals surface area contributed by atoms with Crippen LogP contribution in [0.2, 0.25) is 0 Å². The molecule has 0 amide bonds. The number of hydrazine groups is 1. The molecule has 1 rings (SSSR count). The molecule has 7 heteroatoms. The topological polar surface area (TPSA) is 69.4 Å². The van der Waals surface area contributed by atoms with Crippen molar-refractivity contribution in [1.29, 1.82) is 0 Å². The molecule has 14 heavy (non-hydrogen) atoms. The van der Waals surface area contributed by atoms with Crippen molar-refractivity contribution in [3.63, 3.8) is 0 Å². The van der Waals surface area contributed by atoms with Crippen molar-refractivity contribution >= 4 is 34.1 Å². The Labute approximate surface area is 94.9 Å². The second-order valence-corrected chi connectivity index (χ2v) is 3.66. The van der Waals surface area contributed by atoms with Crippen LogP contribution < -0.4 is 15.5 Å². The van der Waals surface area contributed by atoms with Crippen LogP contribution in [0.4, 0.5) is 5.82 Å². The normalized spacial score (nSPS) is 9.93. The number of hydrogen-bond donors (Lipinski definition) is 2. The number of nitrogens with zero attached hydrogens (tertiary/aromatic N) is 1. The second-order valence-electron chi connectivity index (χ2n) is 2.20. The Morgan fingerprint density at radius 3 is 3.14 bits per heavy atom. The number of nitrogens with two attached hydrogens (primary N) is 1. The lowest BCUT2D eigenvalue weighted by molar-refractivity contribution is 0.369. The van der Waals surface area contributed by atoms with Gasteiger partial charge in [-0.05, 0) is 22.9 Å². The lowest BCUT2D eigenvalue weighted by Gasteiger charge is -2.07. The lowest BCUT2D eigenvalue weighted by Crippen LogP contribution is -2.09. The van der Waals surface area contributed by atoms with E-state index in [-0.39, 0.29) is 0 Å². The summed E-state index contributed by atoms with van der Waals surface area (Å²) < 4.78 is 11.0. The minimum Gasteiger partial charge on any atom is -0.396 e. The van der Waals surface area contributed by atoms with Gasteiger partial charge in [0.25, 0.3) is 0 Å². The van der Waals surface area contributed by atoms with Crippen molar-refractivity contribution in [2.75, 3.05) is 12.0 Å². The summed E-state index contributed by atoms with van der Waals surface area (Å²) in [6, 6.07) is 1.74. The van der Waals surface area contributed by atoms with Crippen molar-refractivity contribution in [3.05, 3.63) is 16.7 Å². The fraction of sp³-hybridized carbons (Fsp3) is 0.286. The molecule has 0 aliphatic heterocycles. The van der Waals surface area contributed by atoms with Crippen molar-refractivity contribution < 1.29 is 8.37 Å². The van der Waals surface area contributed by atoms with E-state index in [1.54, 1.807) is 12.3 Å². The minimum atomic E-state index is 0.459. The van der Waals surface area contributed by atoms with Gasteiger partial charge in [-0.15, -0.1) is 0 Å². The summed E-state index contributed by atoms with van der Waals surface area (Å²) in [5, 5.41) is 0. The zero-order valence-electron chi connectivity index (χ0n) is 7.49. The molecule has 78 valence electrons. The highest BCUT2D eigenvalue weighted by atomic mass is 79.9. The van der Waals surface area contributed by atoms with Gasteiger partial charge in [-0.2, -0.15) is 0 Å². The molecular formula is C7H10BrN3O2S. The first kappa shape index (κ1) is 11.6. The molecule has 5 nitrogen and oxygen atoms in total. The molecule has 0 atom stereocenters. The van der Waals surface area contributed by atoms with Gasteiger partial charge in [-0.1, -0.05) is 0 Å². The van der Waals surface area contributed by atoms with Crippen molar-refractivity contribution in [3.8, 4) is 5.75 Å². The van der Waals surface area contributed by atoms with Gasteiger partial charge in [-0.3, -0.25) is 4.18 Å². The first-order valence-corrected chi connectivity index (χ1v) is 5.32. The molecule has 0 spiro atoms. The van der Waals surface area contributed by atoms with Crippen LogP contribution in [0.3, 0.4) is 0 Å². The van der Waals surface area contributed by atoms with Gasteiger partial charge in [-0.25, -0.2) is 10.8 Å². The molecule has 1 heterocycles. The van der Waals surface area contributed by atoms with Crippen LogP contribution in [0, 0.1) is 0 Å². The predicted octanol–water partition coefficient (Wildman–Crippen LogP) is 2.11. The summed E-state index contributed by atoms with van der Waals surface area (Å²) in [6.07, 6.45) is 1.62. The average Bonchev–Trinajstić information content (AvgIpc) is 2.19. The van der Waals surface area contributed by atoms with E-state index in [1.165, 1.54) is 0 Å². The summed E-state index contributed by atoms with van der Waals surface area (Å²) in [4.78, 5) is 4.00. The molecule has 0 saturated heterocycles. The lowest BCUT2D eigenvalue weighted by atomic mass is 10.4. The standard InChI is InChI=1S/C7H10BrN3O2S/c1-2-12-14-13-6-3-5(8)4-10-7(6)11-9/h3-4H,2,9H2,1H3,(H,10,11). The zero-order chi connectivity index (χ0) is 10.4. The number of halogens is 1. The highest BCUT2D eigenvalue weighted by molar-refractivity contribution is 9.10. The van der Waals surface area contributed by atoms with Gasteiger partial charge in [0.15, 0.2) is 11.6 Å². The number of anilines is 1. The Bertz CT molecular complexity index is 300. The summed E-state index contributed by atoms with van der Waals surface area (Å²) in [5.41, 5.74) is 2.42. The maximum absolute atomic E-state index is 5.25. The van der Waals surface area contributed by atoms with E-state index in [0.29, 0.717) is 18.2 Å². The van der Waals surface area contributed by atoms with Crippen molar-refractivity contribution in [1.82, 2.24) is 4.98 Å². The summed E-state index contributed by atoms with van der Waals surface area (Å²) in [6.45, 7) is 2.44.